The summed E-state index contributed by atoms with van der Waals surface area (Å²) in [5.74, 6) is 0.718. The highest BCUT2D eigenvalue weighted by molar-refractivity contribution is 6.30. The fraction of sp³-hybridized carbons (Fsp3) is 0.189. The van der Waals surface area contributed by atoms with Crippen LogP contribution in [0.15, 0.2) is 121 Å². The monoisotopic (exact) mass is 510 g/mol. The van der Waals surface area contributed by atoms with Crippen molar-refractivity contribution in [3.63, 3.8) is 0 Å². The molecule has 0 heterocycles. The van der Waals surface area contributed by atoms with E-state index < -0.39 is 5.41 Å². The Kier molecular flexibility index (Phi) is 5.94. The van der Waals surface area contributed by atoms with Crippen molar-refractivity contribution in [3.8, 4) is 22.3 Å². The largest absolute Gasteiger partial charge is 0.0843 e. The van der Waals surface area contributed by atoms with E-state index in [0.717, 1.165) is 10.9 Å². The van der Waals surface area contributed by atoms with Gasteiger partial charge in [-0.15, -0.1) is 0 Å². The standard InChI is InChI=1S/C37H31Cl/c38-31-24-22-30(23-25-31)37(29-12-5-2-6-13-29)34-16-8-7-14-33(34)36-32(15-9-17-35(36)37)28-20-18-27(19-21-28)26-10-3-1-4-11-26/h2,5-9,12-26H,1,3-4,10-11H2. The Morgan fingerprint density at radius 1 is 0.526 bits per heavy atom. The van der Waals surface area contributed by atoms with Gasteiger partial charge in [0, 0.05) is 5.02 Å². The zero-order chi connectivity index (χ0) is 25.5. The van der Waals surface area contributed by atoms with Crippen molar-refractivity contribution >= 4 is 11.6 Å². The Morgan fingerprint density at radius 3 is 1.92 bits per heavy atom. The Labute approximate surface area is 231 Å². The number of halogens is 1. The van der Waals surface area contributed by atoms with Crippen LogP contribution in [0.3, 0.4) is 0 Å². The minimum absolute atomic E-state index is 0.407. The summed E-state index contributed by atoms with van der Waals surface area (Å²) in [5, 5.41) is 0.760. The summed E-state index contributed by atoms with van der Waals surface area (Å²) in [6.07, 6.45) is 6.77. The van der Waals surface area contributed by atoms with Gasteiger partial charge >= 0.3 is 0 Å². The van der Waals surface area contributed by atoms with E-state index in [1.165, 1.54) is 82.2 Å². The molecular weight excluding hydrogens is 480 g/mol. The Morgan fingerprint density at radius 2 is 1.16 bits per heavy atom. The van der Waals surface area contributed by atoms with Crippen molar-refractivity contribution in [2.75, 3.05) is 0 Å². The number of benzene rings is 5. The third kappa shape index (κ3) is 3.66. The molecule has 0 N–H and O–H groups in total. The van der Waals surface area contributed by atoms with Crippen molar-refractivity contribution in [1.29, 1.82) is 0 Å². The molecule has 0 bridgehead atoms. The molecule has 1 heteroatoms. The normalized spacial score (nSPS) is 18.7. The molecule has 1 saturated carbocycles. The van der Waals surface area contributed by atoms with Crippen molar-refractivity contribution in [2.24, 2.45) is 0 Å². The predicted molar refractivity (Wildman–Crippen MR) is 160 cm³/mol. The van der Waals surface area contributed by atoms with Gasteiger partial charge < -0.3 is 0 Å². The molecule has 0 aliphatic heterocycles. The summed E-state index contributed by atoms with van der Waals surface area (Å²) in [6, 6.07) is 44.7. The molecule has 1 fully saturated rings. The summed E-state index contributed by atoms with van der Waals surface area (Å²) in [6.45, 7) is 0. The molecule has 5 aromatic carbocycles. The Balaban J connectivity index is 1.46. The van der Waals surface area contributed by atoms with Crippen LogP contribution in [0.4, 0.5) is 0 Å². The molecule has 186 valence electrons. The van der Waals surface area contributed by atoms with Gasteiger partial charge in [-0.3, -0.25) is 0 Å². The van der Waals surface area contributed by atoms with Crippen molar-refractivity contribution in [1.82, 2.24) is 0 Å². The summed E-state index contributed by atoms with van der Waals surface area (Å²) in [7, 11) is 0. The molecule has 1 unspecified atom stereocenters. The molecule has 7 rings (SSSR count). The zero-order valence-electron chi connectivity index (χ0n) is 21.5. The summed E-state index contributed by atoms with van der Waals surface area (Å²) < 4.78 is 0. The van der Waals surface area contributed by atoms with Gasteiger partial charge in [0.1, 0.15) is 0 Å². The highest BCUT2D eigenvalue weighted by Crippen LogP contribution is 2.58. The third-order valence-corrected chi connectivity index (χ3v) is 9.10. The first-order chi connectivity index (χ1) is 18.8. The highest BCUT2D eigenvalue weighted by Gasteiger charge is 2.46. The number of rotatable bonds is 4. The van der Waals surface area contributed by atoms with E-state index >= 15 is 0 Å². The van der Waals surface area contributed by atoms with Crippen LogP contribution in [0.5, 0.6) is 0 Å². The molecule has 0 nitrogen and oxygen atoms in total. The predicted octanol–water partition coefficient (Wildman–Crippen LogP) is 10.4. The van der Waals surface area contributed by atoms with E-state index in [1.807, 2.05) is 12.1 Å². The Hall–Kier alpha value is -3.61. The quantitative estimate of drug-likeness (QED) is 0.221. The van der Waals surface area contributed by atoms with E-state index in [9.17, 15) is 0 Å². The summed E-state index contributed by atoms with van der Waals surface area (Å²) >= 11 is 6.38. The van der Waals surface area contributed by atoms with Crippen molar-refractivity contribution in [2.45, 2.75) is 43.4 Å². The maximum atomic E-state index is 6.38. The molecule has 1 atom stereocenters. The second-order valence-electron chi connectivity index (χ2n) is 10.9. The fourth-order valence-electron chi connectivity index (χ4n) is 7.12. The number of hydrogen-bond donors (Lipinski definition) is 0. The van der Waals surface area contributed by atoms with E-state index in [-0.39, 0.29) is 0 Å². The Bertz CT molecular complexity index is 1570. The maximum absolute atomic E-state index is 6.38. The average Bonchev–Trinajstić information content (AvgIpc) is 3.30. The topological polar surface area (TPSA) is 0 Å². The van der Waals surface area contributed by atoms with Crippen molar-refractivity contribution < 1.29 is 0 Å². The highest BCUT2D eigenvalue weighted by atomic mass is 35.5. The van der Waals surface area contributed by atoms with E-state index in [2.05, 4.69) is 109 Å². The molecular formula is C37H31Cl. The molecule has 2 aliphatic carbocycles. The van der Waals surface area contributed by atoms with Gasteiger partial charge in [0.2, 0.25) is 0 Å². The second-order valence-corrected chi connectivity index (χ2v) is 11.3. The van der Waals surface area contributed by atoms with Gasteiger partial charge in [-0.1, -0.05) is 140 Å². The molecule has 0 spiro atoms. The summed E-state index contributed by atoms with van der Waals surface area (Å²) in [5.41, 5.74) is 11.5. The second kappa shape index (κ2) is 9.61. The van der Waals surface area contributed by atoms with Crippen molar-refractivity contribution in [3.05, 3.63) is 154 Å². The summed E-state index contributed by atoms with van der Waals surface area (Å²) in [4.78, 5) is 0. The van der Waals surface area contributed by atoms with Gasteiger partial charge in [-0.25, -0.2) is 0 Å². The minimum atomic E-state index is -0.407. The maximum Gasteiger partial charge on any atom is 0.0713 e. The van der Waals surface area contributed by atoms with E-state index in [4.69, 9.17) is 11.6 Å². The lowest BCUT2D eigenvalue weighted by Gasteiger charge is -2.34. The molecule has 0 amide bonds. The lowest BCUT2D eigenvalue weighted by Crippen LogP contribution is -2.28. The fourth-order valence-corrected chi connectivity index (χ4v) is 7.24. The van der Waals surface area contributed by atoms with E-state index in [1.54, 1.807) is 0 Å². The number of fused-ring (bicyclic) bond motifs is 3. The van der Waals surface area contributed by atoms with Crippen LogP contribution in [0.25, 0.3) is 22.3 Å². The average molecular weight is 511 g/mol. The van der Waals surface area contributed by atoms with Crippen LogP contribution in [0, 0.1) is 0 Å². The van der Waals surface area contributed by atoms with Crippen LogP contribution in [-0.4, -0.2) is 0 Å². The van der Waals surface area contributed by atoms with E-state index in [0.29, 0.717) is 0 Å². The SMILES string of the molecule is Clc1ccc(C2(c3ccccc3)c3ccccc3-c3c(-c4ccc(C5CCCCC5)cc4)cccc32)cc1. The smallest absolute Gasteiger partial charge is 0.0713 e. The number of hydrogen-bond acceptors (Lipinski definition) is 0. The molecule has 0 saturated heterocycles. The van der Waals surface area contributed by atoms with Crippen LogP contribution in [-0.2, 0) is 5.41 Å². The molecule has 5 aromatic rings. The molecule has 2 aliphatic rings. The molecule has 0 aromatic heterocycles. The lowest BCUT2D eigenvalue weighted by molar-refractivity contribution is 0.443. The van der Waals surface area contributed by atoms with Crippen LogP contribution < -0.4 is 0 Å². The van der Waals surface area contributed by atoms with Crippen LogP contribution in [0.1, 0.15) is 65.8 Å². The third-order valence-electron chi connectivity index (χ3n) is 8.85. The van der Waals surface area contributed by atoms with Crippen LogP contribution >= 0.6 is 11.6 Å². The molecule has 0 radical (unpaired) electrons. The zero-order valence-corrected chi connectivity index (χ0v) is 22.3. The minimum Gasteiger partial charge on any atom is -0.0843 e. The van der Waals surface area contributed by atoms with Gasteiger partial charge in [-0.05, 0) is 81.0 Å². The first-order valence-electron chi connectivity index (χ1n) is 13.9. The van der Waals surface area contributed by atoms with Crippen LogP contribution in [0.2, 0.25) is 5.02 Å². The van der Waals surface area contributed by atoms with Gasteiger partial charge in [0.05, 0.1) is 5.41 Å². The first-order valence-corrected chi connectivity index (χ1v) is 14.3. The first kappa shape index (κ1) is 23.5. The van der Waals surface area contributed by atoms with Gasteiger partial charge in [0.25, 0.3) is 0 Å². The molecule has 38 heavy (non-hydrogen) atoms. The van der Waals surface area contributed by atoms with Gasteiger partial charge in [0.15, 0.2) is 0 Å². The lowest BCUT2D eigenvalue weighted by atomic mass is 9.67. The van der Waals surface area contributed by atoms with Gasteiger partial charge in [-0.2, -0.15) is 0 Å².